The summed E-state index contributed by atoms with van der Waals surface area (Å²) in [6.07, 6.45) is 0. The highest BCUT2D eigenvalue weighted by Crippen LogP contribution is 2.24. The van der Waals surface area contributed by atoms with Crippen LogP contribution >= 0.6 is 35.0 Å². The van der Waals surface area contributed by atoms with Gasteiger partial charge in [-0.15, -0.1) is 0 Å². The molecule has 1 aliphatic rings. The summed E-state index contributed by atoms with van der Waals surface area (Å²) < 4.78 is 27.6. The first-order valence-electron chi connectivity index (χ1n) is 7.65. The first-order valence-corrected chi connectivity index (χ1v) is 9.39. The van der Waals surface area contributed by atoms with Crippen molar-refractivity contribution < 1.29 is 13.7 Å². The van der Waals surface area contributed by atoms with Crippen LogP contribution in [0.15, 0.2) is 41.4 Å². The predicted molar refractivity (Wildman–Crippen MR) is 99.1 cm³/mol. The van der Waals surface area contributed by atoms with Crippen LogP contribution in [0.4, 0.5) is 8.78 Å². The minimum Gasteiger partial charge on any atom is -0.318 e. The van der Waals surface area contributed by atoms with Crippen molar-refractivity contribution in [1.82, 2.24) is 5.32 Å². The smallest absolute Gasteiger partial charge is 0.175 e. The van der Waals surface area contributed by atoms with E-state index in [0.29, 0.717) is 46.8 Å². The average molecular weight is 403 g/mol. The number of halogens is 4. The molecule has 0 fully saturated rings. The Morgan fingerprint density at radius 3 is 2.24 bits per heavy atom. The van der Waals surface area contributed by atoms with Crippen LogP contribution < -0.4 is 10.2 Å². The molecule has 0 radical (unpaired) electrons. The molecule has 2 aromatic rings. The van der Waals surface area contributed by atoms with Crippen molar-refractivity contribution in [3.8, 4) is 0 Å². The maximum Gasteiger partial charge on any atom is 0.175 e. The molecule has 8 heteroatoms. The highest BCUT2D eigenvalue weighted by Gasteiger charge is 2.19. The SMILES string of the molecule is Fc1cccc(Cl)c1CSC1=NC[NH+](Cc2c(F)cccc2Cl)CN1. The zero-order valence-corrected chi connectivity index (χ0v) is 15.5. The molecule has 3 rings (SSSR count). The van der Waals surface area contributed by atoms with E-state index >= 15 is 0 Å². The molecule has 2 N–H and O–H groups in total. The van der Waals surface area contributed by atoms with Crippen LogP contribution in [0, 0.1) is 11.6 Å². The number of nitrogens with one attached hydrogen (secondary N) is 2. The zero-order valence-electron chi connectivity index (χ0n) is 13.2. The minimum atomic E-state index is -0.321. The Labute approximate surface area is 159 Å². The summed E-state index contributed by atoms with van der Waals surface area (Å²) in [4.78, 5) is 5.48. The lowest BCUT2D eigenvalue weighted by Gasteiger charge is -2.24. The van der Waals surface area contributed by atoms with Gasteiger partial charge in [0, 0.05) is 16.3 Å². The van der Waals surface area contributed by atoms with Gasteiger partial charge < -0.3 is 5.32 Å². The average Bonchev–Trinajstić information content (AvgIpc) is 2.59. The summed E-state index contributed by atoms with van der Waals surface area (Å²) in [5.41, 5.74) is 0.956. The quantitative estimate of drug-likeness (QED) is 0.819. The van der Waals surface area contributed by atoms with Gasteiger partial charge in [0.1, 0.15) is 18.2 Å². The van der Waals surface area contributed by atoms with Crippen molar-refractivity contribution in [2.45, 2.75) is 12.3 Å². The van der Waals surface area contributed by atoms with E-state index in [9.17, 15) is 8.78 Å². The van der Waals surface area contributed by atoms with Crippen molar-refractivity contribution in [1.29, 1.82) is 0 Å². The number of nitrogens with zero attached hydrogens (tertiary/aromatic N) is 1. The van der Waals surface area contributed by atoms with Gasteiger partial charge in [-0.05, 0) is 24.3 Å². The number of quaternary nitrogens is 1. The highest BCUT2D eigenvalue weighted by molar-refractivity contribution is 8.13. The number of hydrogen-bond donors (Lipinski definition) is 2. The number of thioether (sulfide) groups is 1. The van der Waals surface area contributed by atoms with E-state index in [1.54, 1.807) is 24.3 Å². The lowest BCUT2D eigenvalue weighted by Crippen LogP contribution is -3.13. The third-order valence-electron chi connectivity index (χ3n) is 3.84. The molecule has 0 aromatic heterocycles. The highest BCUT2D eigenvalue weighted by atomic mass is 35.5. The Morgan fingerprint density at radius 1 is 1.04 bits per heavy atom. The number of benzene rings is 2. The minimum absolute atomic E-state index is 0.307. The van der Waals surface area contributed by atoms with Gasteiger partial charge in [-0.2, -0.15) is 0 Å². The molecule has 0 spiro atoms. The van der Waals surface area contributed by atoms with E-state index in [0.717, 1.165) is 10.1 Å². The van der Waals surface area contributed by atoms with Crippen molar-refractivity contribution >= 4 is 40.1 Å². The van der Waals surface area contributed by atoms with Crippen LogP contribution in [-0.4, -0.2) is 18.5 Å². The van der Waals surface area contributed by atoms with E-state index in [4.69, 9.17) is 23.2 Å². The van der Waals surface area contributed by atoms with Gasteiger partial charge in [-0.3, -0.25) is 4.90 Å². The van der Waals surface area contributed by atoms with Crippen LogP contribution in [0.25, 0.3) is 0 Å². The molecule has 25 heavy (non-hydrogen) atoms. The van der Waals surface area contributed by atoms with Gasteiger partial charge in [0.05, 0.1) is 10.6 Å². The van der Waals surface area contributed by atoms with E-state index in [1.807, 2.05) is 0 Å². The Bertz CT molecular complexity index is 761. The maximum atomic E-state index is 13.9. The second-order valence-electron chi connectivity index (χ2n) is 5.59. The van der Waals surface area contributed by atoms with Gasteiger partial charge >= 0.3 is 0 Å². The molecular weight excluding hydrogens is 387 g/mol. The summed E-state index contributed by atoms with van der Waals surface area (Å²) in [6.45, 7) is 1.52. The van der Waals surface area contributed by atoms with Gasteiger partial charge in [0.25, 0.3) is 0 Å². The molecule has 132 valence electrons. The van der Waals surface area contributed by atoms with Crippen molar-refractivity contribution in [2.75, 3.05) is 13.3 Å². The monoisotopic (exact) mass is 402 g/mol. The fourth-order valence-electron chi connectivity index (χ4n) is 2.47. The van der Waals surface area contributed by atoms with Gasteiger partial charge in [0.15, 0.2) is 18.5 Å². The summed E-state index contributed by atoms with van der Waals surface area (Å²) >= 11 is 13.5. The van der Waals surface area contributed by atoms with E-state index < -0.39 is 0 Å². The molecule has 2 aromatic carbocycles. The number of rotatable bonds is 4. The number of hydrogen-bond acceptors (Lipinski definition) is 3. The summed E-state index contributed by atoms with van der Waals surface area (Å²) in [7, 11) is 0. The molecule has 0 saturated carbocycles. The molecule has 0 bridgehead atoms. The zero-order chi connectivity index (χ0) is 17.8. The second kappa shape index (κ2) is 8.36. The van der Waals surface area contributed by atoms with Crippen molar-refractivity contribution in [2.24, 2.45) is 4.99 Å². The third-order valence-corrected chi connectivity index (χ3v) is 5.53. The molecule has 0 amide bonds. The standard InChI is InChI=1S/C17H15Cl2F2N3S/c18-13-3-1-5-15(20)11(13)7-24-9-22-17(23-10-24)25-8-12-14(19)4-2-6-16(12)21/h1-6H,7-10H2,(H,22,23)/p+1. The Balaban J connectivity index is 1.58. The lowest BCUT2D eigenvalue weighted by atomic mass is 10.2. The van der Waals surface area contributed by atoms with E-state index in [-0.39, 0.29) is 11.6 Å². The molecule has 1 unspecified atom stereocenters. The predicted octanol–water partition coefficient (Wildman–Crippen LogP) is 3.46. The molecule has 1 atom stereocenters. The molecule has 0 saturated heterocycles. The molecule has 3 nitrogen and oxygen atoms in total. The summed E-state index contributed by atoms with van der Waals surface area (Å²) in [5.74, 6) is -0.234. The molecule has 1 aliphatic heterocycles. The van der Waals surface area contributed by atoms with E-state index in [2.05, 4.69) is 10.3 Å². The molecule has 0 aliphatic carbocycles. The van der Waals surface area contributed by atoms with Crippen LogP contribution in [0.2, 0.25) is 10.0 Å². The Kier molecular flexibility index (Phi) is 6.17. The third kappa shape index (κ3) is 4.64. The topological polar surface area (TPSA) is 28.8 Å². The van der Waals surface area contributed by atoms with Crippen LogP contribution in [0.1, 0.15) is 11.1 Å². The largest absolute Gasteiger partial charge is 0.318 e. The molecule has 1 heterocycles. The van der Waals surface area contributed by atoms with Gasteiger partial charge in [0.2, 0.25) is 0 Å². The van der Waals surface area contributed by atoms with Crippen LogP contribution in [0.5, 0.6) is 0 Å². The second-order valence-corrected chi connectivity index (χ2v) is 7.37. The Morgan fingerprint density at radius 2 is 1.68 bits per heavy atom. The fourth-order valence-corrected chi connectivity index (χ4v) is 3.92. The number of aliphatic imine (C=N–C) groups is 1. The van der Waals surface area contributed by atoms with Crippen molar-refractivity contribution in [3.63, 3.8) is 0 Å². The molecular formula is C17H16Cl2F2N3S+. The first-order chi connectivity index (χ1) is 12.0. The number of amidine groups is 1. The van der Waals surface area contributed by atoms with Gasteiger partial charge in [-0.25, -0.2) is 13.8 Å². The van der Waals surface area contributed by atoms with E-state index in [1.165, 1.54) is 23.9 Å². The summed E-state index contributed by atoms with van der Waals surface area (Å²) in [5, 5.41) is 4.74. The van der Waals surface area contributed by atoms with Crippen molar-refractivity contribution in [3.05, 3.63) is 69.2 Å². The lowest BCUT2D eigenvalue weighted by molar-refractivity contribution is -0.916. The van der Waals surface area contributed by atoms with Gasteiger partial charge in [-0.1, -0.05) is 47.1 Å². The normalized spacial score (nSPS) is 17.1. The first kappa shape index (κ1) is 18.5. The summed E-state index contributed by atoms with van der Waals surface area (Å²) in [6, 6.07) is 9.31. The van der Waals surface area contributed by atoms with Crippen LogP contribution in [-0.2, 0) is 12.3 Å². The fraction of sp³-hybridized carbons (Fsp3) is 0.235. The maximum absolute atomic E-state index is 13.9. The Hall–Kier alpha value is -1.34. The van der Waals surface area contributed by atoms with Crippen LogP contribution in [0.3, 0.4) is 0 Å².